The third-order valence-corrected chi connectivity index (χ3v) is 2.61. The van der Waals surface area contributed by atoms with Gasteiger partial charge in [-0.1, -0.05) is 30.3 Å². The molecule has 1 amide bonds. The second-order valence-electron chi connectivity index (χ2n) is 3.93. The molecule has 0 spiro atoms. The molecule has 5 heteroatoms. The van der Waals surface area contributed by atoms with Crippen molar-refractivity contribution in [3.63, 3.8) is 0 Å². The number of rotatable bonds is 5. The van der Waals surface area contributed by atoms with Gasteiger partial charge in [0.15, 0.2) is 0 Å². The lowest BCUT2D eigenvalue weighted by atomic mass is 10.0. The minimum Gasteiger partial charge on any atom is -0.481 e. The summed E-state index contributed by atoms with van der Waals surface area (Å²) in [6, 6.07) is 9.10. The summed E-state index contributed by atoms with van der Waals surface area (Å²) in [7, 11) is 0. The number of amides is 1. The summed E-state index contributed by atoms with van der Waals surface area (Å²) in [5.41, 5.74) is 0.946. The maximum atomic E-state index is 11.3. The average Bonchev–Trinajstić information content (AvgIpc) is 2.29. The van der Waals surface area contributed by atoms with Gasteiger partial charge in [0.05, 0.1) is 18.9 Å². The molecule has 0 saturated carbocycles. The first kappa shape index (κ1) is 11.6. The average molecular weight is 235 g/mol. The van der Waals surface area contributed by atoms with Crippen LogP contribution in [0.3, 0.4) is 0 Å². The van der Waals surface area contributed by atoms with Crippen LogP contribution in [0.25, 0.3) is 0 Å². The Bertz CT molecular complexity index is 418. The smallest absolute Gasteiger partial charge is 0.305 e. The Morgan fingerprint density at radius 2 is 2.12 bits per heavy atom. The molecule has 1 unspecified atom stereocenters. The van der Waals surface area contributed by atoms with Crippen molar-refractivity contribution < 1.29 is 19.5 Å². The van der Waals surface area contributed by atoms with Gasteiger partial charge in [-0.15, -0.1) is 0 Å². The molecule has 5 nitrogen and oxygen atoms in total. The van der Waals surface area contributed by atoms with Gasteiger partial charge in [-0.2, -0.15) is 0 Å². The number of nitrogens with zero attached hydrogens (tertiary/aromatic N) is 1. The molecule has 1 aromatic rings. The number of benzene rings is 1. The molecule has 0 aromatic heterocycles. The molecule has 0 radical (unpaired) electrons. The zero-order valence-corrected chi connectivity index (χ0v) is 9.20. The van der Waals surface area contributed by atoms with Crippen LogP contribution in [0.1, 0.15) is 18.4 Å². The third-order valence-electron chi connectivity index (χ3n) is 2.61. The summed E-state index contributed by atoms with van der Waals surface area (Å²) in [6.45, 7) is 0.280. The molecule has 1 saturated heterocycles. The van der Waals surface area contributed by atoms with Crippen LogP contribution in [0.5, 0.6) is 0 Å². The predicted octanol–water partition coefficient (Wildman–Crippen LogP) is 1.19. The molecule has 2 rings (SSSR count). The van der Waals surface area contributed by atoms with Crippen LogP contribution in [-0.2, 0) is 21.0 Å². The van der Waals surface area contributed by atoms with Crippen molar-refractivity contribution in [2.45, 2.75) is 25.5 Å². The van der Waals surface area contributed by atoms with Gasteiger partial charge in [0.2, 0.25) is 5.91 Å². The maximum Gasteiger partial charge on any atom is 0.305 e. The van der Waals surface area contributed by atoms with E-state index in [1.54, 1.807) is 0 Å². The number of carbonyl (C=O) groups is 2. The van der Waals surface area contributed by atoms with Crippen molar-refractivity contribution in [1.29, 1.82) is 0 Å². The van der Waals surface area contributed by atoms with Gasteiger partial charge >= 0.3 is 5.97 Å². The Kier molecular flexibility index (Phi) is 3.39. The highest BCUT2D eigenvalue weighted by Crippen LogP contribution is 2.23. The monoisotopic (exact) mass is 235 g/mol. The quantitative estimate of drug-likeness (QED) is 0.778. The van der Waals surface area contributed by atoms with Crippen molar-refractivity contribution in [3.8, 4) is 0 Å². The molecule has 1 aliphatic rings. The van der Waals surface area contributed by atoms with Gasteiger partial charge in [0.1, 0.15) is 6.61 Å². The second kappa shape index (κ2) is 4.97. The van der Waals surface area contributed by atoms with E-state index in [9.17, 15) is 9.59 Å². The summed E-state index contributed by atoms with van der Waals surface area (Å²) in [5, 5.41) is 9.81. The van der Waals surface area contributed by atoms with Crippen molar-refractivity contribution in [2.24, 2.45) is 0 Å². The van der Waals surface area contributed by atoms with Crippen molar-refractivity contribution in [3.05, 3.63) is 35.9 Å². The van der Waals surface area contributed by atoms with E-state index < -0.39 is 5.97 Å². The lowest BCUT2D eigenvalue weighted by Gasteiger charge is -2.37. The fourth-order valence-corrected chi connectivity index (χ4v) is 1.72. The second-order valence-corrected chi connectivity index (χ2v) is 3.93. The molecule has 1 atom stereocenters. The number of hydroxylamine groups is 2. The fourth-order valence-electron chi connectivity index (χ4n) is 1.72. The Hall–Kier alpha value is -1.88. The summed E-state index contributed by atoms with van der Waals surface area (Å²) in [6.07, 6.45) is 0.182. The van der Waals surface area contributed by atoms with Gasteiger partial charge in [0.25, 0.3) is 0 Å². The largest absolute Gasteiger partial charge is 0.481 e. The Morgan fingerprint density at radius 3 is 2.71 bits per heavy atom. The lowest BCUT2D eigenvalue weighted by Crippen LogP contribution is -2.52. The van der Waals surface area contributed by atoms with E-state index in [4.69, 9.17) is 9.94 Å². The summed E-state index contributed by atoms with van der Waals surface area (Å²) >= 11 is 0. The number of carbonyl (C=O) groups excluding carboxylic acids is 1. The zero-order chi connectivity index (χ0) is 12.3. The van der Waals surface area contributed by atoms with Gasteiger partial charge < -0.3 is 5.11 Å². The van der Waals surface area contributed by atoms with Crippen LogP contribution in [0.2, 0.25) is 0 Å². The molecule has 17 heavy (non-hydrogen) atoms. The van der Waals surface area contributed by atoms with E-state index >= 15 is 0 Å². The van der Waals surface area contributed by atoms with E-state index in [0.29, 0.717) is 0 Å². The minimum absolute atomic E-state index is 0.0689. The van der Waals surface area contributed by atoms with E-state index in [-0.39, 0.29) is 31.4 Å². The van der Waals surface area contributed by atoms with Crippen LogP contribution in [0, 0.1) is 0 Å². The van der Waals surface area contributed by atoms with Crippen molar-refractivity contribution >= 4 is 11.9 Å². The number of carboxylic acid groups (broad SMARTS) is 1. The van der Waals surface area contributed by atoms with Crippen LogP contribution in [0.15, 0.2) is 30.3 Å². The highest BCUT2D eigenvalue weighted by Gasteiger charge is 2.38. The molecule has 1 N–H and O–H groups in total. The summed E-state index contributed by atoms with van der Waals surface area (Å²) in [4.78, 5) is 27.1. The third kappa shape index (κ3) is 2.82. The molecule has 0 aliphatic carbocycles. The molecule has 1 aliphatic heterocycles. The van der Waals surface area contributed by atoms with Crippen molar-refractivity contribution in [2.75, 3.05) is 0 Å². The van der Waals surface area contributed by atoms with E-state index in [0.717, 1.165) is 5.56 Å². The first-order valence-corrected chi connectivity index (χ1v) is 5.37. The van der Waals surface area contributed by atoms with E-state index in [1.807, 2.05) is 30.3 Å². The lowest BCUT2D eigenvalue weighted by molar-refractivity contribution is -0.234. The molecule has 1 aromatic carbocycles. The maximum absolute atomic E-state index is 11.3. The number of hydrogen-bond acceptors (Lipinski definition) is 3. The topological polar surface area (TPSA) is 66.8 Å². The molecule has 1 heterocycles. The minimum atomic E-state index is -0.921. The van der Waals surface area contributed by atoms with Crippen LogP contribution < -0.4 is 0 Å². The number of β-lactam (4-membered cyclic amide) rings is 1. The fraction of sp³-hybridized carbons (Fsp3) is 0.333. The highest BCUT2D eigenvalue weighted by molar-refractivity contribution is 5.83. The summed E-state index contributed by atoms with van der Waals surface area (Å²) < 4.78 is 0. The standard InChI is InChI=1S/C12H13NO4/c14-11-6-10(7-12(15)16)13(11)17-8-9-4-2-1-3-5-9/h1-5,10H,6-8H2,(H,15,16). The van der Waals surface area contributed by atoms with Crippen LogP contribution in [-0.4, -0.2) is 28.1 Å². The van der Waals surface area contributed by atoms with Crippen LogP contribution in [0.4, 0.5) is 0 Å². The van der Waals surface area contributed by atoms with E-state index in [1.165, 1.54) is 5.06 Å². The number of aliphatic carboxylic acids is 1. The Morgan fingerprint density at radius 1 is 1.41 bits per heavy atom. The van der Waals surface area contributed by atoms with Crippen LogP contribution >= 0.6 is 0 Å². The molecule has 1 fully saturated rings. The molecule has 90 valence electrons. The first-order chi connectivity index (χ1) is 8.16. The first-order valence-electron chi connectivity index (χ1n) is 5.37. The summed E-state index contributed by atoms with van der Waals surface area (Å²) in [5.74, 6) is -1.08. The van der Waals surface area contributed by atoms with E-state index in [2.05, 4.69) is 0 Å². The highest BCUT2D eigenvalue weighted by atomic mass is 16.7. The van der Waals surface area contributed by atoms with Gasteiger partial charge in [-0.25, -0.2) is 5.06 Å². The van der Waals surface area contributed by atoms with Gasteiger partial charge in [-0.3, -0.25) is 14.4 Å². The number of carboxylic acids is 1. The predicted molar refractivity (Wildman–Crippen MR) is 58.7 cm³/mol. The molecule has 0 bridgehead atoms. The molecular weight excluding hydrogens is 222 g/mol. The van der Waals surface area contributed by atoms with Gasteiger partial charge in [-0.05, 0) is 5.56 Å². The molecular formula is C12H13NO4. The van der Waals surface area contributed by atoms with Gasteiger partial charge in [0, 0.05) is 0 Å². The SMILES string of the molecule is O=C(O)CC1CC(=O)N1OCc1ccccc1. The zero-order valence-electron chi connectivity index (χ0n) is 9.20. The number of hydrogen-bond donors (Lipinski definition) is 1. The Balaban J connectivity index is 1.86. The normalized spacial score (nSPS) is 18.9. The van der Waals surface area contributed by atoms with Crippen molar-refractivity contribution in [1.82, 2.24) is 5.06 Å². The Labute approximate surface area is 98.6 Å².